The van der Waals surface area contributed by atoms with Gasteiger partial charge in [-0.3, -0.25) is 0 Å². The van der Waals surface area contributed by atoms with E-state index in [4.69, 9.17) is 4.74 Å². The van der Waals surface area contributed by atoms with Crippen LogP contribution in [0.25, 0.3) is 6.08 Å². The lowest BCUT2D eigenvalue weighted by Gasteiger charge is -2.33. The Balaban J connectivity index is 1.98. The first kappa shape index (κ1) is 13.6. The van der Waals surface area contributed by atoms with Crippen LogP contribution < -0.4 is 0 Å². The number of nitrogens with zero attached hydrogens (tertiary/aromatic N) is 1. The fourth-order valence-corrected chi connectivity index (χ4v) is 3.20. The normalized spacial score (nSPS) is 20.8. The fourth-order valence-electron chi connectivity index (χ4n) is 3.20. The van der Waals surface area contributed by atoms with Crippen LogP contribution in [0.4, 0.5) is 0 Å². The van der Waals surface area contributed by atoms with Crippen LogP contribution in [0.1, 0.15) is 37.7 Å². The molecule has 3 heteroatoms. The molecule has 0 atom stereocenters. The summed E-state index contributed by atoms with van der Waals surface area (Å²) in [6.07, 6.45) is 8.71. The molecule has 1 aliphatic carbocycles. The molecule has 106 valence electrons. The molecule has 1 saturated carbocycles. The summed E-state index contributed by atoms with van der Waals surface area (Å²) in [6, 6.07) is 11.9. The Labute approximate surface area is 124 Å². The number of carbonyl (C=O) groups is 1. The van der Waals surface area contributed by atoms with E-state index >= 15 is 0 Å². The monoisotopic (exact) mass is 279 g/mol. The highest BCUT2D eigenvalue weighted by atomic mass is 16.6. The van der Waals surface area contributed by atoms with Crippen LogP contribution in [0.2, 0.25) is 0 Å². The lowest BCUT2D eigenvalue weighted by molar-refractivity contribution is -0.148. The van der Waals surface area contributed by atoms with Crippen LogP contribution in [-0.4, -0.2) is 11.6 Å². The highest BCUT2D eigenvalue weighted by molar-refractivity contribution is 5.98. The molecule has 0 N–H and O–H groups in total. The Morgan fingerprint density at radius 2 is 1.81 bits per heavy atom. The first-order valence-electron chi connectivity index (χ1n) is 7.36. The molecule has 1 spiro atoms. The van der Waals surface area contributed by atoms with Crippen molar-refractivity contribution in [3.8, 4) is 6.07 Å². The van der Waals surface area contributed by atoms with Crippen LogP contribution in [0.15, 0.2) is 47.6 Å². The summed E-state index contributed by atoms with van der Waals surface area (Å²) in [5, 5.41) is 9.28. The standard InChI is InChI=1S/C18H17NO2/c19-13-15-16(10-9-14-7-3-1-4-8-14)18(21-17(15)20)11-5-2-6-12-18/h1,3-4,7-10H,2,5-6,11-12H2/b10-9+. The minimum Gasteiger partial charge on any atom is -0.450 e. The van der Waals surface area contributed by atoms with Crippen molar-refractivity contribution in [2.75, 3.05) is 0 Å². The lowest BCUT2D eigenvalue weighted by atomic mass is 9.78. The molecule has 1 fully saturated rings. The zero-order valence-corrected chi connectivity index (χ0v) is 11.8. The van der Waals surface area contributed by atoms with E-state index in [0.717, 1.165) is 43.2 Å². The third kappa shape index (κ3) is 2.50. The fraction of sp³-hybridized carbons (Fsp3) is 0.333. The van der Waals surface area contributed by atoms with Gasteiger partial charge in [0.05, 0.1) is 0 Å². The summed E-state index contributed by atoms with van der Waals surface area (Å²) >= 11 is 0. The van der Waals surface area contributed by atoms with Crippen LogP contribution in [-0.2, 0) is 9.53 Å². The van der Waals surface area contributed by atoms with E-state index < -0.39 is 11.6 Å². The van der Waals surface area contributed by atoms with Crippen molar-refractivity contribution in [1.82, 2.24) is 0 Å². The molecule has 1 aliphatic heterocycles. The Hall–Kier alpha value is -2.34. The van der Waals surface area contributed by atoms with Crippen molar-refractivity contribution in [2.45, 2.75) is 37.7 Å². The number of hydrogen-bond acceptors (Lipinski definition) is 3. The van der Waals surface area contributed by atoms with Gasteiger partial charge in [-0.2, -0.15) is 5.26 Å². The first-order chi connectivity index (χ1) is 10.2. The van der Waals surface area contributed by atoms with E-state index in [9.17, 15) is 10.1 Å². The molecular weight excluding hydrogens is 262 g/mol. The van der Waals surface area contributed by atoms with E-state index in [1.807, 2.05) is 48.6 Å². The minimum atomic E-state index is -0.564. The lowest BCUT2D eigenvalue weighted by Crippen LogP contribution is -2.34. The SMILES string of the molecule is N#CC1=C(/C=C/c2ccccc2)C2(CCCCC2)OC1=O. The van der Waals surface area contributed by atoms with Crippen molar-refractivity contribution in [2.24, 2.45) is 0 Å². The van der Waals surface area contributed by atoms with E-state index in [-0.39, 0.29) is 5.57 Å². The minimum absolute atomic E-state index is 0.170. The van der Waals surface area contributed by atoms with Gasteiger partial charge in [0, 0.05) is 5.57 Å². The highest BCUT2D eigenvalue weighted by Gasteiger charge is 2.47. The summed E-state index contributed by atoms with van der Waals surface area (Å²) in [5.41, 5.74) is 1.42. The Morgan fingerprint density at radius 3 is 2.48 bits per heavy atom. The zero-order chi connectivity index (χ0) is 14.7. The van der Waals surface area contributed by atoms with Crippen molar-refractivity contribution in [3.05, 3.63) is 53.1 Å². The molecule has 3 nitrogen and oxygen atoms in total. The van der Waals surface area contributed by atoms with Crippen molar-refractivity contribution >= 4 is 12.0 Å². The van der Waals surface area contributed by atoms with E-state index in [1.165, 1.54) is 0 Å². The third-order valence-electron chi connectivity index (χ3n) is 4.27. The quantitative estimate of drug-likeness (QED) is 0.774. The number of ether oxygens (including phenoxy) is 1. The molecule has 0 saturated heterocycles. The van der Waals surface area contributed by atoms with Gasteiger partial charge in [-0.05, 0) is 31.2 Å². The summed E-state index contributed by atoms with van der Waals surface area (Å²) in [7, 11) is 0. The van der Waals surface area contributed by atoms with Crippen LogP contribution in [0.3, 0.4) is 0 Å². The molecule has 0 bridgehead atoms. The van der Waals surface area contributed by atoms with Gasteiger partial charge in [0.15, 0.2) is 0 Å². The maximum absolute atomic E-state index is 12.0. The van der Waals surface area contributed by atoms with Gasteiger partial charge in [0.25, 0.3) is 0 Å². The summed E-state index contributed by atoms with van der Waals surface area (Å²) < 4.78 is 5.61. The van der Waals surface area contributed by atoms with Gasteiger partial charge in [-0.15, -0.1) is 0 Å². The van der Waals surface area contributed by atoms with Crippen molar-refractivity contribution < 1.29 is 9.53 Å². The second-order valence-corrected chi connectivity index (χ2v) is 5.59. The summed E-state index contributed by atoms with van der Waals surface area (Å²) in [4.78, 5) is 12.0. The number of rotatable bonds is 2. The van der Waals surface area contributed by atoms with Gasteiger partial charge in [-0.1, -0.05) is 48.9 Å². The third-order valence-corrected chi connectivity index (χ3v) is 4.27. The molecule has 0 aromatic heterocycles. The molecule has 1 aromatic carbocycles. The molecule has 0 unspecified atom stereocenters. The molecule has 0 radical (unpaired) electrons. The van der Waals surface area contributed by atoms with Gasteiger partial charge in [-0.25, -0.2) is 4.79 Å². The molecular formula is C18H17NO2. The second-order valence-electron chi connectivity index (χ2n) is 5.59. The Bertz CT molecular complexity index is 644. The molecule has 3 rings (SSSR count). The second kappa shape index (κ2) is 5.57. The molecule has 0 amide bonds. The highest BCUT2D eigenvalue weighted by Crippen LogP contribution is 2.44. The van der Waals surface area contributed by atoms with Crippen molar-refractivity contribution in [3.63, 3.8) is 0 Å². The largest absolute Gasteiger partial charge is 0.450 e. The van der Waals surface area contributed by atoms with E-state index in [0.29, 0.717) is 0 Å². The Morgan fingerprint density at radius 1 is 1.10 bits per heavy atom. The maximum Gasteiger partial charge on any atom is 0.350 e. The maximum atomic E-state index is 12.0. The predicted molar refractivity (Wildman–Crippen MR) is 80.0 cm³/mol. The van der Waals surface area contributed by atoms with E-state index in [2.05, 4.69) is 0 Å². The van der Waals surface area contributed by atoms with Gasteiger partial charge in [0.1, 0.15) is 17.2 Å². The average Bonchev–Trinajstić information content (AvgIpc) is 2.77. The number of benzene rings is 1. The van der Waals surface area contributed by atoms with Crippen LogP contribution >= 0.6 is 0 Å². The number of hydrogen-bond donors (Lipinski definition) is 0. The van der Waals surface area contributed by atoms with Gasteiger partial charge < -0.3 is 4.74 Å². The summed E-state index contributed by atoms with van der Waals surface area (Å²) in [5.74, 6) is -0.466. The average molecular weight is 279 g/mol. The smallest absolute Gasteiger partial charge is 0.350 e. The number of esters is 1. The molecule has 1 heterocycles. The van der Waals surface area contributed by atoms with Crippen molar-refractivity contribution in [1.29, 1.82) is 5.26 Å². The summed E-state index contributed by atoms with van der Waals surface area (Å²) in [6.45, 7) is 0. The molecule has 1 aromatic rings. The Kier molecular flexibility index (Phi) is 3.62. The number of nitriles is 1. The van der Waals surface area contributed by atoms with E-state index in [1.54, 1.807) is 0 Å². The van der Waals surface area contributed by atoms with Gasteiger partial charge >= 0.3 is 5.97 Å². The first-order valence-corrected chi connectivity index (χ1v) is 7.36. The molecule has 2 aliphatic rings. The molecule has 21 heavy (non-hydrogen) atoms. The van der Waals surface area contributed by atoms with Crippen LogP contribution in [0.5, 0.6) is 0 Å². The zero-order valence-electron chi connectivity index (χ0n) is 11.8. The predicted octanol–water partition coefficient (Wildman–Crippen LogP) is 3.78. The topological polar surface area (TPSA) is 50.1 Å². The van der Waals surface area contributed by atoms with Crippen LogP contribution in [0, 0.1) is 11.3 Å². The number of carbonyl (C=O) groups excluding carboxylic acids is 1. The van der Waals surface area contributed by atoms with Gasteiger partial charge in [0.2, 0.25) is 0 Å².